The van der Waals surface area contributed by atoms with Gasteiger partial charge < -0.3 is 15.1 Å². The fourth-order valence-electron chi connectivity index (χ4n) is 4.17. The van der Waals surface area contributed by atoms with Gasteiger partial charge in [-0.05, 0) is 64.4 Å². The van der Waals surface area contributed by atoms with E-state index < -0.39 is 0 Å². The third kappa shape index (κ3) is 4.15. The van der Waals surface area contributed by atoms with E-state index in [0.717, 1.165) is 35.6 Å². The number of anilines is 3. The number of nitrogens with one attached hydrogen (secondary N) is 1. The normalized spacial score (nSPS) is 17.3. The molecule has 0 atom stereocenters. The number of thiophene rings is 1. The zero-order valence-corrected chi connectivity index (χ0v) is 17.4. The SMILES string of the molecule is Cc1scc2c1N(C/C=C\CCCN1CCCCC1)c1ccccc1NC2=O. The van der Waals surface area contributed by atoms with Crippen molar-refractivity contribution in [1.29, 1.82) is 0 Å². The van der Waals surface area contributed by atoms with Crippen molar-refractivity contribution in [3.05, 3.63) is 52.2 Å². The maximum Gasteiger partial charge on any atom is 0.258 e. The van der Waals surface area contributed by atoms with E-state index in [4.69, 9.17) is 0 Å². The van der Waals surface area contributed by atoms with Crippen LogP contribution < -0.4 is 10.2 Å². The Kier molecular flexibility index (Phi) is 6.13. The molecule has 4 rings (SSSR count). The second-order valence-corrected chi connectivity index (χ2v) is 8.74. The topological polar surface area (TPSA) is 35.6 Å². The predicted molar refractivity (Wildman–Crippen MR) is 119 cm³/mol. The van der Waals surface area contributed by atoms with E-state index in [-0.39, 0.29) is 5.91 Å². The minimum Gasteiger partial charge on any atom is -0.334 e. The van der Waals surface area contributed by atoms with Gasteiger partial charge in [-0.1, -0.05) is 30.7 Å². The average molecular weight is 396 g/mol. The number of carbonyl (C=O) groups is 1. The van der Waals surface area contributed by atoms with Crippen molar-refractivity contribution in [2.75, 3.05) is 36.4 Å². The van der Waals surface area contributed by atoms with Gasteiger partial charge in [0, 0.05) is 16.8 Å². The van der Waals surface area contributed by atoms with Gasteiger partial charge in [-0.3, -0.25) is 4.79 Å². The molecule has 3 heterocycles. The highest BCUT2D eigenvalue weighted by Crippen LogP contribution is 2.41. The smallest absolute Gasteiger partial charge is 0.258 e. The summed E-state index contributed by atoms with van der Waals surface area (Å²) in [4.78, 5) is 18.7. The number of allylic oxidation sites excluding steroid dienone is 1. The van der Waals surface area contributed by atoms with Gasteiger partial charge in [-0.15, -0.1) is 11.3 Å². The van der Waals surface area contributed by atoms with Crippen LogP contribution in [0.15, 0.2) is 41.8 Å². The average Bonchev–Trinajstić information content (AvgIpc) is 3.05. The van der Waals surface area contributed by atoms with Gasteiger partial charge in [0.1, 0.15) is 0 Å². The van der Waals surface area contributed by atoms with Crippen LogP contribution in [0.4, 0.5) is 17.1 Å². The Morgan fingerprint density at radius 2 is 1.96 bits per heavy atom. The molecule has 5 heteroatoms. The van der Waals surface area contributed by atoms with Crippen molar-refractivity contribution in [3.8, 4) is 0 Å². The number of rotatable bonds is 6. The minimum atomic E-state index is -0.0141. The van der Waals surface area contributed by atoms with Crippen molar-refractivity contribution < 1.29 is 4.79 Å². The van der Waals surface area contributed by atoms with E-state index in [1.165, 1.54) is 50.2 Å². The number of aryl methyl sites for hydroxylation is 1. The number of piperidine rings is 1. The second kappa shape index (κ2) is 8.93. The third-order valence-electron chi connectivity index (χ3n) is 5.65. The Labute approximate surface area is 171 Å². The van der Waals surface area contributed by atoms with Crippen molar-refractivity contribution in [2.45, 2.75) is 39.0 Å². The molecule has 28 heavy (non-hydrogen) atoms. The van der Waals surface area contributed by atoms with Gasteiger partial charge >= 0.3 is 0 Å². The lowest BCUT2D eigenvalue weighted by molar-refractivity contribution is 0.102. The number of fused-ring (bicyclic) bond motifs is 2. The van der Waals surface area contributed by atoms with E-state index in [9.17, 15) is 4.79 Å². The van der Waals surface area contributed by atoms with E-state index in [1.54, 1.807) is 11.3 Å². The number of carbonyl (C=O) groups excluding carboxylic acids is 1. The number of hydrogen-bond acceptors (Lipinski definition) is 4. The molecule has 2 aromatic rings. The zero-order valence-electron chi connectivity index (χ0n) is 16.6. The Bertz CT molecular complexity index is 851. The van der Waals surface area contributed by atoms with Gasteiger partial charge in [0.15, 0.2) is 0 Å². The molecule has 0 bridgehead atoms. The third-order valence-corrected chi connectivity index (χ3v) is 6.55. The molecule has 2 aliphatic heterocycles. The van der Waals surface area contributed by atoms with Crippen LogP contribution in [0.2, 0.25) is 0 Å². The van der Waals surface area contributed by atoms with Crippen molar-refractivity contribution in [3.63, 3.8) is 0 Å². The molecule has 1 aromatic heterocycles. The molecule has 0 spiro atoms. The number of unbranched alkanes of at least 4 members (excludes halogenated alkanes) is 1. The summed E-state index contributed by atoms with van der Waals surface area (Å²) < 4.78 is 0. The summed E-state index contributed by atoms with van der Waals surface area (Å²) in [5.74, 6) is -0.0141. The number of benzene rings is 1. The van der Waals surface area contributed by atoms with E-state index in [1.807, 2.05) is 23.6 Å². The Morgan fingerprint density at radius 3 is 2.82 bits per heavy atom. The van der Waals surface area contributed by atoms with Crippen LogP contribution in [0.5, 0.6) is 0 Å². The van der Waals surface area contributed by atoms with Gasteiger partial charge in [-0.2, -0.15) is 0 Å². The Balaban J connectivity index is 1.44. The molecule has 0 saturated carbocycles. The lowest BCUT2D eigenvalue weighted by Gasteiger charge is -2.26. The summed E-state index contributed by atoms with van der Waals surface area (Å²) >= 11 is 1.64. The first-order valence-corrected chi connectivity index (χ1v) is 11.3. The van der Waals surface area contributed by atoms with Gasteiger partial charge in [0.2, 0.25) is 0 Å². The van der Waals surface area contributed by atoms with Gasteiger partial charge in [-0.25, -0.2) is 0 Å². The number of nitrogens with zero attached hydrogens (tertiary/aromatic N) is 2. The van der Waals surface area contributed by atoms with Crippen LogP contribution in [0, 0.1) is 6.92 Å². The fourth-order valence-corrected chi connectivity index (χ4v) is 5.02. The summed E-state index contributed by atoms with van der Waals surface area (Å²) in [6.07, 6.45) is 11.0. The number of hydrogen-bond donors (Lipinski definition) is 1. The number of likely N-dealkylation sites (tertiary alicyclic amines) is 1. The van der Waals surface area contributed by atoms with Crippen molar-refractivity contribution >= 4 is 34.3 Å². The number of amides is 1. The van der Waals surface area contributed by atoms with Crippen molar-refractivity contribution in [1.82, 2.24) is 4.90 Å². The fraction of sp³-hybridized carbons (Fsp3) is 0.435. The molecule has 0 unspecified atom stereocenters. The van der Waals surface area contributed by atoms with Crippen LogP contribution in [-0.4, -0.2) is 37.0 Å². The predicted octanol–water partition coefficient (Wildman–Crippen LogP) is 5.58. The summed E-state index contributed by atoms with van der Waals surface area (Å²) in [5, 5.41) is 5.04. The monoisotopic (exact) mass is 395 g/mol. The molecule has 1 N–H and O–H groups in total. The highest BCUT2D eigenvalue weighted by Gasteiger charge is 2.27. The molecule has 2 aliphatic rings. The van der Waals surface area contributed by atoms with Crippen LogP contribution >= 0.6 is 11.3 Å². The molecule has 0 radical (unpaired) electrons. The van der Waals surface area contributed by atoms with Crippen LogP contribution in [-0.2, 0) is 0 Å². The first-order chi connectivity index (χ1) is 13.7. The summed E-state index contributed by atoms with van der Waals surface area (Å²) in [5.41, 5.74) is 3.77. The van der Waals surface area contributed by atoms with Crippen LogP contribution in [0.1, 0.15) is 47.3 Å². The van der Waals surface area contributed by atoms with Crippen LogP contribution in [0.3, 0.4) is 0 Å². The molecule has 1 saturated heterocycles. The summed E-state index contributed by atoms with van der Waals surface area (Å²) in [7, 11) is 0. The minimum absolute atomic E-state index is 0.0141. The van der Waals surface area contributed by atoms with Gasteiger partial charge in [0.05, 0.1) is 22.6 Å². The first kappa shape index (κ1) is 19.2. The van der Waals surface area contributed by atoms with Gasteiger partial charge in [0.25, 0.3) is 5.91 Å². The molecule has 148 valence electrons. The molecule has 4 nitrogen and oxygen atoms in total. The van der Waals surface area contributed by atoms with E-state index in [2.05, 4.69) is 40.3 Å². The summed E-state index contributed by atoms with van der Waals surface area (Å²) in [6.45, 7) is 6.63. The zero-order chi connectivity index (χ0) is 19.3. The molecular weight excluding hydrogens is 366 g/mol. The Hall–Kier alpha value is -2.11. The summed E-state index contributed by atoms with van der Waals surface area (Å²) in [6, 6.07) is 8.07. The maximum atomic E-state index is 12.6. The lowest BCUT2D eigenvalue weighted by atomic mass is 10.1. The molecule has 1 amide bonds. The van der Waals surface area contributed by atoms with Crippen molar-refractivity contribution in [2.24, 2.45) is 0 Å². The standard InChI is InChI=1S/C23H29N3OS/c1-18-22-19(17-28-18)23(27)24-20-11-5-6-12-21(20)26(22)16-10-3-2-7-13-25-14-8-4-9-15-25/h3,5-6,10-12,17H,2,4,7-9,13-16H2,1H3,(H,24,27)/b10-3-. The number of para-hydroxylation sites is 2. The van der Waals surface area contributed by atoms with E-state index in [0.29, 0.717) is 0 Å². The molecule has 1 fully saturated rings. The first-order valence-electron chi connectivity index (χ1n) is 10.4. The lowest BCUT2D eigenvalue weighted by Crippen LogP contribution is -2.30. The Morgan fingerprint density at radius 1 is 1.14 bits per heavy atom. The van der Waals surface area contributed by atoms with Crippen LogP contribution in [0.25, 0.3) is 0 Å². The highest BCUT2D eigenvalue weighted by molar-refractivity contribution is 7.10. The van der Waals surface area contributed by atoms with E-state index >= 15 is 0 Å². The molecular formula is C23H29N3OS. The largest absolute Gasteiger partial charge is 0.334 e. The quantitative estimate of drug-likeness (QED) is 0.512. The highest BCUT2D eigenvalue weighted by atomic mass is 32.1. The maximum absolute atomic E-state index is 12.6. The molecule has 0 aliphatic carbocycles. The molecule has 1 aromatic carbocycles. The second-order valence-electron chi connectivity index (χ2n) is 7.65.